The fourth-order valence-corrected chi connectivity index (χ4v) is 6.35. The molecule has 28 heavy (non-hydrogen) atoms. The summed E-state index contributed by atoms with van der Waals surface area (Å²) in [5.74, 6) is 1.20. The van der Waals surface area contributed by atoms with Crippen molar-refractivity contribution in [3.63, 3.8) is 0 Å². The van der Waals surface area contributed by atoms with Gasteiger partial charge in [0.2, 0.25) is 10.0 Å². The van der Waals surface area contributed by atoms with Crippen LogP contribution >= 0.6 is 11.3 Å². The van der Waals surface area contributed by atoms with Crippen LogP contribution in [0, 0.1) is 5.92 Å². The van der Waals surface area contributed by atoms with Crippen LogP contribution in [0.4, 0.5) is 0 Å². The Bertz CT molecular complexity index is 1210. The van der Waals surface area contributed by atoms with Crippen molar-refractivity contribution in [1.29, 1.82) is 0 Å². The first kappa shape index (κ1) is 17.6. The molecule has 142 valence electrons. The van der Waals surface area contributed by atoms with Crippen molar-refractivity contribution in [2.75, 3.05) is 0 Å². The van der Waals surface area contributed by atoms with E-state index in [0.717, 1.165) is 15.9 Å². The lowest BCUT2D eigenvalue weighted by atomic mass is 10.1. The standard InChI is InChI=1S/C21H19N3O2S2/c1-13-19(14-7-3-2-4-8-14)20(13)24-28(25,26)18-12-11-17(27-18)21-22-15-9-5-6-10-16(15)23-21/h2-13,19-20,24H,1H3,(H,22,23)/t13-,19-,20+/m1/s1. The summed E-state index contributed by atoms with van der Waals surface area (Å²) in [6, 6.07) is 21.2. The Morgan fingerprint density at radius 1 is 1.00 bits per heavy atom. The van der Waals surface area contributed by atoms with Crippen LogP contribution in [-0.2, 0) is 10.0 Å². The summed E-state index contributed by atoms with van der Waals surface area (Å²) in [7, 11) is -3.56. The fourth-order valence-electron chi connectivity index (χ4n) is 3.73. The highest BCUT2D eigenvalue weighted by Crippen LogP contribution is 2.48. The molecular formula is C21H19N3O2S2. The quantitative estimate of drug-likeness (QED) is 0.514. The molecular weight excluding hydrogens is 390 g/mol. The number of hydrogen-bond acceptors (Lipinski definition) is 4. The third-order valence-electron chi connectivity index (χ3n) is 5.32. The lowest BCUT2D eigenvalue weighted by Gasteiger charge is -2.04. The average molecular weight is 410 g/mol. The highest BCUT2D eigenvalue weighted by atomic mass is 32.2. The molecule has 1 fully saturated rings. The number of sulfonamides is 1. The summed E-state index contributed by atoms with van der Waals surface area (Å²) in [6.07, 6.45) is 0. The molecule has 1 aliphatic rings. The first-order valence-electron chi connectivity index (χ1n) is 9.15. The molecule has 2 N–H and O–H groups in total. The van der Waals surface area contributed by atoms with Gasteiger partial charge in [-0.3, -0.25) is 0 Å². The van der Waals surface area contributed by atoms with E-state index in [9.17, 15) is 8.42 Å². The molecule has 7 heteroatoms. The predicted molar refractivity (Wildman–Crippen MR) is 112 cm³/mol. The van der Waals surface area contributed by atoms with Crippen molar-refractivity contribution >= 4 is 32.4 Å². The molecule has 2 heterocycles. The first-order chi connectivity index (χ1) is 13.5. The zero-order valence-electron chi connectivity index (χ0n) is 15.2. The van der Waals surface area contributed by atoms with Gasteiger partial charge in [0.25, 0.3) is 0 Å². The molecule has 0 spiro atoms. The van der Waals surface area contributed by atoms with Crippen LogP contribution in [0.5, 0.6) is 0 Å². The van der Waals surface area contributed by atoms with Gasteiger partial charge < -0.3 is 4.98 Å². The van der Waals surface area contributed by atoms with Crippen LogP contribution in [0.2, 0.25) is 0 Å². The van der Waals surface area contributed by atoms with E-state index in [0.29, 0.717) is 10.0 Å². The van der Waals surface area contributed by atoms with E-state index < -0.39 is 10.0 Å². The van der Waals surface area contributed by atoms with Crippen LogP contribution < -0.4 is 4.72 Å². The van der Waals surface area contributed by atoms with Gasteiger partial charge in [-0.05, 0) is 35.7 Å². The Morgan fingerprint density at radius 2 is 1.75 bits per heavy atom. The molecule has 0 aliphatic heterocycles. The van der Waals surface area contributed by atoms with Crippen LogP contribution in [0.3, 0.4) is 0 Å². The topological polar surface area (TPSA) is 74.8 Å². The maximum absolute atomic E-state index is 12.9. The lowest BCUT2D eigenvalue weighted by Crippen LogP contribution is -2.27. The van der Waals surface area contributed by atoms with E-state index in [2.05, 4.69) is 33.7 Å². The molecule has 3 atom stereocenters. The van der Waals surface area contributed by atoms with E-state index in [1.165, 1.54) is 16.9 Å². The molecule has 1 saturated carbocycles. The molecule has 1 aliphatic carbocycles. The van der Waals surface area contributed by atoms with Gasteiger partial charge in [-0.25, -0.2) is 18.1 Å². The van der Waals surface area contributed by atoms with Crippen molar-refractivity contribution < 1.29 is 8.42 Å². The second-order valence-corrected chi connectivity index (χ2v) is 10.2. The van der Waals surface area contributed by atoms with Crippen molar-refractivity contribution in [3.05, 3.63) is 72.3 Å². The Balaban J connectivity index is 1.37. The Morgan fingerprint density at radius 3 is 2.54 bits per heavy atom. The number of hydrogen-bond donors (Lipinski definition) is 2. The number of nitrogens with one attached hydrogen (secondary N) is 2. The summed E-state index contributed by atoms with van der Waals surface area (Å²) in [5.41, 5.74) is 2.98. The summed E-state index contributed by atoms with van der Waals surface area (Å²) >= 11 is 1.23. The van der Waals surface area contributed by atoms with E-state index in [4.69, 9.17) is 0 Å². The monoisotopic (exact) mass is 409 g/mol. The number of thiophene rings is 1. The van der Waals surface area contributed by atoms with Crippen molar-refractivity contribution in [2.45, 2.75) is 23.1 Å². The van der Waals surface area contributed by atoms with Crippen molar-refractivity contribution in [2.24, 2.45) is 5.92 Å². The van der Waals surface area contributed by atoms with Gasteiger partial charge in [-0.15, -0.1) is 11.3 Å². The molecule has 0 bridgehead atoms. The number of aromatic amines is 1. The maximum Gasteiger partial charge on any atom is 0.250 e. The first-order valence-corrected chi connectivity index (χ1v) is 11.5. The third kappa shape index (κ3) is 3.05. The Kier molecular flexibility index (Phi) is 4.12. The third-order valence-corrected chi connectivity index (χ3v) is 8.37. The van der Waals surface area contributed by atoms with Gasteiger partial charge in [0.05, 0.1) is 15.9 Å². The molecule has 2 aromatic carbocycles. The molecule has 5 rings (SSSR count). The predicted octanol–water partition coefficient (Wildman–Crippen LogP) is 4.37. The SMILES string of the molecule is C[C@H]1[C@H](NS(=O)(=O)c2ccc(-c3nc4ccccc4[nH]3)s2)[C@H]1c1ccccc1. The van der Waals surface area contributed by atoms with Gasteiger partial charge in [-0.2, -0.15) is 0 Å². The smallest absolute Gasteiger partial charge is 0.250 e. The molecule has 4 aromatic rings. The molecule has 0 amide bonds. The number of aromatic nitrogens is 2. The zero-order valence-corrected chi connectivity index (χ0v) is 16.8. The van der Waals surface area contributed by atoms with Gasteiger partial charge >= 0.3 is 0 Å². The van der Waals surface area contributed by atoms with Crippen molar-refractivity contribution in [1.82, 2.24) is 14.7 Å². The van der Waals surface area contributed by atoms with Gasteiger partial charge in [-0.1, -0.05) is 49.4 Å². The Hall–Kier alpha value is -2.48. The lowest BCUT2D eigenvalue weighted by molar-refractivity contribution is 0.580. The van der Waals surface area contributed by atoms with Crippen molar-refractivity contribution in [3.8, 4) is 10.7 Å². The molecule has 0 unspecified atom stereocenters. The highest BCUT2D eigenvalue weighted by Gasteiger charge is 2.49. The molecule has 5 nitrogen and oxygen atoms in total. The van der Waals surface area contributed by atoms with Crippen LogP contribution in [0.1, 0.15) is 18.4 Å². The minimum absolute atomic E-state index is 0.0656. The second-order valence-electron chi connectivity index (χ2n) is 7.16. The second kappa shape index (κ2) is 6.55. The van der Waals surface area contributed by atoms with Gasteiger partial charge in [0.15, 0.2) is 0 Å². The number of nitrogens with zero attached hydrogens (tertiary/aromatic N) is 1. The molecule has 0 saturated heterocycles. The van der Waals surface area contributed by atoms with Crippen LogP contribution in [0.25, 0.3) is 21.7 Å². The minimum Gasteiger partial charge on any atom is -0.337 e. The summed E-state index contributed by atoms with van der Waals surface area (Å²) in [4.78, 5) is 8.61. The summed E-state index contributed by atoms with van der Waals surface area (Å²) in [6.45, 7) is 2.08. The minimum atomic E-state index is -3.56. The average Bonchev–Trinajstić information content (AvgIpc) is 3.12. The normalized spacial score (nSPS) is 21.8. The zero-order chi connectivity index (χ0) is 19.3. The van der Waals surface area contributed by atoms with Crippen LogP contribution in [0.15, 0.2) is 70.9 Å². The summed E-state index contributed by atoms with van der Waals surface area (Å²) in [5, 5.41) is 0. The number of rotatable bonds is 5. The van der Waals surface area contributed by atoms with E-state index in [1.54, 1.807) is 6.07 Å². The molecule has 0 radical (unpaired) electrons. The number of benzene rings is 2. The van der Waals surface area contributed by atoms with Gasteiger partial charge in [0, 0.05) is 12.0 Å². The summed E-state index contributed by atoms with van der Waals surface area (Å²) < 4.78 is 29.0. The number of imidazole rings is 1. The van der Waals surface area contributed by atoms with E-state index in [1.807, 2.05) is 48.5 Å². The van der Waals surface area contributed by atoms with Crippen LogP contribution in [-0.4, -0.2) is 24.4 Å². The molecule has 2 aromatic heterocycles. The maximum atomic E-state index is 12.9. The number of fused-ring (bicyclic) bond motifs is 1. The Labute approximate surface area is 167 Å². The van der Waals surface area contributed by atoms with E-state index in [-0.39, 0.29) is 17.9 Å². The number of H-pyrrole nitrogens is 1. The highest BCUT2D eigenvalue weighted by molar-refractivity contribution is 7.91. The largest absolute Gasteiger partial charge is 0.337 e. The fraction of sp³-hybridized carbons (Fsp3) is 0.190. The number of para-hydroxylation sites is 2. The van der Waals surface area contributed by atoms with Gasteiger partial charge in [0.1, 0.15) is 10.0 Å². The van der Waals surface area contributed by atoms with E-state index >= 15 is 0 Å².